The normalized spacial score (nSPS) is 14.9. The molecule has 0 aromatic carbocycles. The molecule has 0 aliphatic heterocycles. The molecule has 0 aromatic heterocycles. The smallest absolute Gasteiger partial charge is 0.326 e. The molecule has 0 rings (SSSR count). The molecule has 19 heavy (non-hydrogen) atoms. The van der Waals surface area contributed by atoms with Gasteiger partial charge in [-0.3, -0.25) is 4.79 Å². The van der Waals surface area contributed by atoms with Crippen molar-refractivity contribution in [3.05, 3.63) is 0 Å². The average Bonchev–Trinajstić information content (AvgIpc) is 2.34. The molecule has 2 unspecified atom stereocenters. The van der Waals surface area contributed by atoms with Gasteiger partial charge in [0.05, 0.1) is 0 Å². The second-order valence-corrected chi connectivity index (χ2v) is 4.44. The molecule has 0 aromatic rings. The van der Waals surface area contributed by atoms with Crippen LogP contribution < -0.4 is 16.0 Å². The summed E-state index contributed by atoms with van der Waals surface area (Å²) in [6, 6.07) is -2.34. The number of hydrogen-bond donors (Lipinski definition) is 4. The predicted octanol–water partition coefficient (Wildman–Crippen LogP) is 0.310. The van der Waals surface area contributed by atoms with E-state index in [0.29, 0.717) is 13.0 Å². The molecular formula is C12H23N3O4. The summed E-state index contributed by atoms with van der Waals surface area (Å²) in [6.45, 7) is 7.36. The summed E-state index contributed by atoms with van der Waals surface area (Å²) in [7, 11) is 0. The Labute approximate surface area is 113 Å². The molecule has 0 fully saturated rings. The summed E-state index contributed by atoms with van der Waals surface area (Å²) in [5.41, 5.74) is 0. The van der Waals surface area contributed by atoms with E-state index in [1.807, 2.05) is 6.92 Å². The molecule has 7 heteroatoms. The Morgan fingerprint density at radius 1 is 1.11 bits per heavy atom. The number of carboxylic acid groups (broad SMARTS) is 1. The van der Waals surface area contributed by atoms with Gasteiger partial charge < -0.3 is 21.1 Å². The summed E-state index contributed by atoms with van der Waals surface area (Å²) >= 11 is 0. The van der Waals surface area contributed by atoms with Crippen molar-refractivity contribution in [3.63, 3.8) is 0 Å². The fourth-order valence-electron chi connectivity index (χ4n) is 1.46. The molecule has 7 nitrogen and oxygen atoms in total. The van der Waals surface area contributed by atoms with Gasteiger partial charge in [0, 0.05) is 6.54 Å². The molecule has 110 valence electrons. The highest BCUT2D eigenvalue weighted by Crippen LogP contribution is 2.07. The van der Waals surface area contributed by atoms with Gasteiger partial charge in [0.1, 0.15) is 12.1 Å². The van der Waals surface area contributed by atoms with E-state index < -0.39 is 24.1 Å². The van der Waals surface area contributed by atoms with Crippen molar-refractivity contribution in [1.29, 1.82) is 0 Å². The molecular weight excluding hydrogens is 250 g/mol. The molecule has 0 bridgehead atoms. The SMILES string of the molecule is CCNC(=O)C(C)NC(=O)N[C@H](C(=O)O)C(C)CC. The molecule has 4 N–H and O–H groups in total. The number of carbonyl (C=O) groups excluding carboxylic acids is 2. The van der Waals surface area contributed by atoms with Crippen molar-refractivity contribution in [2.45, 2.75) is 46.2 Å². The van der Waals surface area contributed by atoms with E-state index in [9.17, 15) is 14.4 Å². The molecule has 0 saturated heterocycles. The van der Waals surface area contributed by atoms with Crippen LogP contribution in [0.2, 0.25) is 0 Å². The van der Waals surface area contributed by atoms with Crippen LogP contribution >= 0.6 is 0 Å². The predicted molar refractivity (Wildman–Crippen MR) is 70.7 cm³/mol. The van der Waals surface area contributed by atoms with Gasteiger partial charge in [-0.1, -0.05) is 20.3 Å². The van der Waals surface area contributed by atoms with Gasteiger partial charge >= 0.3 is 12.0 Å². The lowest BCUT2D eigenvalue weighted by Gasteiger charge is -2.21. The maximum atomic E-state index is 11.6. The number of hydrogen-bond acceptors (Lipinski definition) is 3. The minimum absolute atomic E-state index is 0.192. The number of aliphatic carboxylic acids is 1. The van der Waals surface area contributed by atoms with E-state index in [1.54, 1.807) is 13.8 Å². The first-order valence-electron chi connectivity index (χ1n) is 6.40. The second kappa shape index (κ2) is 8.34. The number of likely N-dealkylation sites (N-methyl/N-ethyl adjacent to an activating group) is 1. The maximum Gasteiger partial charge on any atom is 0.326 e. The Morgan fingerprint density at radius 3 is 2.11 bits per heavy atom. The van der Waals surface area contributed by atoms with Crippen molar-refractivity contribution in [1.82, 2.24) is 16.0 Å². The zero-order valence-electron chi connectivity index (χ0n) is 11.8. The number of carbonyl (C=O) groups is 3. The van der Waals surface area contributed by atoms with Crippen LogP contribution in [0.1, 0.15) is 34.1 Å². The number of carboxylic acids is 1. The van der Waals surface area contributed by atoms with Gasteiger partial charge in [-0.05, 0) is 19.8 Å². The highest BCUT2D eigenvalue weighted by atomic mass is 16.4. The largest absolute Gasteiger partial charge is 0.480 e. The molecule has 3 atom stereocenters. The molecule has 0 radical (unpaired) electrons. The molecule has 0 aliphatic carbocycles. The van der Waals surface area contributed by atoms with Crippen molar-refractivity contribution in [3.8, 4) is 0 Å². The zero-order valence-corrected chi connectivity index (χ0v) is 11.8. The monoisotopic (exact) mass is 273 g/mol. The van der Waals surface area contributed by atoms with Gasteiger partial charge in [0.25, 0.3) is 0 Å². The minimum atomic E-state index is -1.09. The number of urea groups is 1. The quantitative estimate of drug-likeness (QED) is 0.535. The Morgan fingerprint density at radius 2 is 1.68 bits per heavy atom. The molecule has 3 amide bonds. The lowest BCUT2D eigenvalue weighted by atomic mass is 9.99. The number of amides is 3. The van der Waals surface area contributed by atoms with Crippen LogP contribution in [0.25, 0.3) is 0 Å². The first kappa shape index (κ1) is 17.2. The Hall–Kier alpha value is -1.79. The van der Waals surface area contributed by atoms with Crippen LogP contribution in [0.5, 0.6) is 0 Å². The van der Waals surface area contributed by atoms with Crippen molar-refractivity contribution in [2.24, 2.45) is 5.92 Å². The van der Waals surface area contributed by atoms with Gasteiger partial charge in [-0.15, -0.1) is 0 Å². The molecule has 0 spiro atoms. The Kier molecular flexibility index (Phi) is 7.55. The first-order chi connectivity index (χ1) is 8.83. The fraction of sp³-hybridized carbons (Fsp3) is 0.750. The molecule has 0 aliphatic rings. The van der Waals surface area contributed by atoms with E-state index in [2.05, 4.69) is 16.0 Å². The van der Waals surface area contributed by atoms with E-state index in [1.165, 1.54) is 6.92 Å². The van der Waals surface area contributed by atoms with Crippen molar-refractivity contribution >= 4 is 17.9 Å². The Balaban J connectivity index is 4.42. The van der Waals surface area contributed by atoms with Crippen LogP contribution in [-0.4, -0.2) is 41.6 Å². The summed E-state index contributed by atoms with van der Waals surface area (Å²) < 4.78 is 0. The lowest BCUT2D eigenvalue weighted by molar-refractivity contribution is -0.140. The van der Waals surface area contributed by atoms with Gasteiger partial charge in [0.2, 0.25) is 5.91 Å². The standard InChI is InChI=1S/C12H23N3O4/c1-5-7(3)9(11(17)18)15-12(19)14-8(4)10(16)13-6-2/h7-9H,5-6H2,1-4H3,(H,13,16)(H,17,18)(H2,14,15,19)/t7?,8?,9-/m0/s1. The average molecular weight is 273 g/mol. The zero-order chi connectivity index (χ0) is 15.0. The van der Waals surface area contributed by atoms with Crippen LogP contribution in [0.3, 0.4) is 0 Å². The fourth-order valence-corrected chi connectivity index (χ4v) is 1.46. The third kappa shape index (κ3) is 6.08. The van der Waals surface area contributed by atoms with Gasteiger partial charge in [0.15, 0.2) is 0 Å². The maximum absolute atomic E-state index is 11.6. The summed E-state index contributed by atoms with van der Waals surface area (Å²) in [5, 5.41) is 16.4. The third-order valence-electron chi connectivity index (χ3n) is 2.86. The third-order valence-corrected chi connectivity index (χ3v) is 2.86. The van der Waals surface area contributed by atoms with Gasteiger partial charge in [-0.2, -0.15) is 0 Å². The van der Waals surface area contributed by atoms with Gasteiger partial charge in [-0.25, -0.2) is 9.59 Å². The number of nitrogens with one attached hydrogen (secondary N) is 3. The Bertz CT molecular complexity index is 333. The highest BCUT2D eigenvalue weighted by Gasteiger charge is 2.26. The topological polar surface area (TPSA) is 108 Å². The molecule has 0 heterocycles. The van der Waals surface area contributed by atoms with Crippen LogP contribution in [-0.2, 0) is 9.59 Å². The van der Waals surface area contributed by atoms with Crippen LogP contribution in [0.4, 0.5) is 4.79 Å². The summed E-state index contributed by atoms with van der Waals surface area (Å²) in [4.78, 5) is 34.1. The summed E-state index contributed by atoms with van der Waals surface area (Å²) in [6.07, 6.45) is 0.628. The number of rotatable bonds is 7. The lowest BCUT2D eigenvalue weighted by Crippen LogP contribution is -2.53. The van der Waals surface area contributed by atoms with E-state index in [-0.39, 0.29) is 11.8 Å². The summed E-state index contributed by atoms with van der Waals surface area (Å²) in [5.74, 6) is -1.59. The minimum Gasteiger partial charge on any atom is -0.480 e. The van der Waals surface area contributed by atoms with Crippen LogP contribution in [0.15, 0.2) is 0 Å². The van der Waals surface area contributed by atoms with Crippen molar-refractivity contribution < 1.29 is 19.5 Å². The van der Waals surface area contributed by atoms with E-state index in [0.717, 1.165) is 0 Å². The van der Waals surface area contributed by atoms with Crippen molar-refractivity contribution in [2.75, 3.05) is 6.54 Å². The van der Waals surface area contributed by atoms with E-state index >= 15 is 0 Å². The highest BCUT2D eigenvalue weighted by molar-refractivity contribution is 5.88. The first-order valence-corrected chi connectivity index (χ1v) is 6.40. The van der Waals surface area contributed by atoms with Crippen LogP contribution in [0, 0.1) is 5.92 Å². The van der Waals surface area contributed by atoms with E-state index in [4.69, 9.17) is 5.11 Å². The molecule has 0 saturated carbocycles. The second-order valence-electron chi connectivity index (χ2n) is 4.44.